The molecule has 0 amide bonds. The number of aromatic nitrogens is 1. The van der Waals surface area contributed by atoms with Gasteiger partial charge in [0.1, 0.15) is 0 Å². The van der Waals surface area contributed by atoms with Crippen molar-refractivity contribution in [3.63, 3.8) is 0 Å². The molecule has 0 atom stereocenters. The van der Waals surface area contributed by atoms with Gasteiger partial charge in [-0.15, -0.1) is 6.20 Å². The van der Waals surface area contributed by atoms with Gasteiger partial charge in [-0.3, -0.25) is 0 Å². The molecule has 1 rings (SSSR count). The van der Waals surface area contributed by atoms with E-state index in [1.54, 1.807) is 0 Å². The molecule has 0 aromatic carbocycles. The van der Waals surface area contributed by atoms with Crippen molar-refractivity contribution in [2.24, 2.45) is 0 Å². The zero-order chi connectivity index (χ0) is 4.41. The molecule has 0 fully saturated rings. The second-order valence-electron chi connectivity index (χ2n) is 1.29. The Morgan fingerprint density at radius 3 is 2.71 bits per heavy atom. The van der Waals surface area contributed by atoms with E-state index >= 15 is 0 Å². The van der Waals surface area contributed by atoms with Crippen LogP contribution in [-0.2, 0) is 19.5 Å². The minimum atomic E-state index is 0. The summed E-state index contributed by atoms with van der Waals surface area (Å²) in [4.78, 5) is 2.80. The maximum atomic E-state index is 2.88. The molecule has 0 saturated carbocycles. The average molecular weight is 185 g/mol. The average Bonchev–Trinajstić information content (AvgIpc) is 1.86. The van der Waals surface area contributed by atoms with Crippen LogP contribution < -0.4 is 0 Å². The first-order valence-electron chi connectivity index (χ1n) is 1.91. The van der Waals surface area contributed by atoms with Crippen LogP contribution in [0.1, 0.15) is 8.42 Å². The number of nitrogens with one attached hydrogen (secondary N) is 1. The summed E-state index contributed by atoms with van der Waals surface area (Å²) in [7, 11) is 0. The molecule has 1 heterocycles. The molecule has 0 spiro atoms. The predicted molar refractivity (Wildman–Crippen MR) is 26.6 cm³/mol. The third-order valence-electron chi connectivity index (χ3n) is 0.686. The van der Waals surface area contributed by atoms with Crippen molar-refractivity contribution in [2.45, 2.75) is 6.92 Å². The van der Waals surface area contributed by atoms with E-state index in [0.717, 1.165) is 5.56 Å². The number of aromatic amines is 1. The van der Waals surface area contributed by atoms with Crippen molar-refractivity contribution in [3.8, 4) is 0 Å². The first kappa shape index (κ1) is 6.90. The van der Waals surface area contributed by atoms with Crippen LogP contribution in [0, 0.1) is 13.1 Å². The number of rotatable bonds is 0. The SMILES string of the molecule is Cc1[c-][nH]cc1.[H-].[H-].[Rh+3]. The van der Waals surface area contributed by atoms with Gasteiger partial charge in [0.2, 0.25) is 0 Å². The molecule has 0 aliphatic heterocycles. The van der Waals surface area contributed by atoms with Crippen LogP contribution in [0.25, 0.3) is 0 Å². The van der Waals surface area contributed by atoms with Gasteiger partial charge in [0.15, 0.2) is 0 Å². The van der Waals surface area contributed by atoms with Crippen LogP contribution in [0.15, 0.2) is 12.3 Å². The molecule has 1 nitrogen and oxygen atoms in total. The topological polar surface area (TPSA) is 15.8 Å². The molecule has 1 aromatic heterocycles. The van der Waals surface area contributed by atoms with Gasteiger partial charge in [-0.05, 0) is 0 Å². The van der Waals surface area contributed by atoms with E-state index in [2.05, 4.69) is 11.2 Å². The summed E-state index contributed by atoms with van der Waals surface area (Å²) in [6.45, 7) is 2.00. The van der Waals surface area contributed by atoms with Crippen molar-refractivity contribution < 1.29 is 22.3 Å². The molecule has 0 bridgehead atoms. The van der Waals surface area contributed by atoms with Gasteiger partial charge in [0.25, 0.3) is 0 Å². The molecule has 42 valence electrons. The molecule has 0 saturated heterocycles. The smallest absolute Gasteiger partial charge is 1.00 e. The van der Waals surface area contributed by atoms with Gasteiger partial charge in [0.05, 0.1) is 0 Å². The number of H-pyrrole nitrogens is 1. The maximum absolute atomic E-state index is 2.88. The Kier molecular flexibility index (Phi) is 2.94. The molecule has 0 radical (unpaired) electrons. The van der Waals surface area contributed by atoms with Crippen molar-refractivity contribution in [2.75, 3.05) is 0 Å². The van der Waals surface area contributed by atoms with Crippen molar-refractivity contribution in [1.29, 1.82) is 0 Å². The maximum Gasteiger partial charge on any atom is 3.00 e. The molecular formula is C5H8NRh. The van der Waals surface area contributed by atoms with E-state index in [-0.39, 0.29) is 22.3 Å². The van der Waals surface area contributed by atoms with E-state index in [9.17, 15) is 0 Å². The first-order valence-corrected chi connectivity index (χ1v) is 1.91. The Morgan fingerprint density at radius 1 is 1.86 bits per heavy atom. The van der Waals surface area contributed by atoms with Crippen LogP contribution in [0.5, 0.6) is 0 Å². The summed E-state index contributed by atoms with van der Waals surface area (Å²) in [5, 5.41) is 0. The Morgan fingerprint density at radius 2 is 2.57 bits per heavy atom. The number of hydrogen-bond acceptors (Lipinski definition) is 0. The fraction of sp³-hybridized carbons (Fsp3) is 0.200. The van der Waals surface area contributed by atoms with Crippen LogP contribution >= 0.6 is 0 Å². The summed E-state index contributed by atoms with van der Waals surface area (Å²) in [6, 6.07) is 1.97. The largest absolute Gasteiger partial charge is 3.00 e. The van der Waals surface area contributed by atoms with Gasteiger partial charge in [-0.25, -0.2) is 0 Å². The van der Waals surface area contributed by atoms with E-state index < -0.39 is 0 Å². The minimum absolute atomic E-state index is 0. The second-order valence-corrected chi connectivity index (χ2v) is 1.29. The van der Waals surface area contributed by atoms with E-state index in [4.69, 9.17) is 0 Å². The van der Waals surface area contributed by atoms with Gasteiger partial charge < -0.3 is 7.84 Å². The third-order valence-corrected chi connectivity index (χ3v) is 0.686. The molecule has 2 heteroatoms. The molecular weight excluding hydrogens is 177 g/mol. The van der Waals surface area contributed by atoms with E-state index in [1.807, 2.05) is 19.2 Å². The summed E-state index contributed by atoms with van der Waals surface area (Å²) >= 11 is 0. The zero-order valence-electron chi connectivity index (χ0n) is 5.99. The molecule has 0 aliphatic carbocycles. The van der Waals surface area contributed by atoms with Crippen LogP contribution in [-0.4, -0.2) is 4.98 Å². The van der Waals surface area contributed by atoms with Crippen LogP contribution in [0.4, 0.5) is 0 Å². The zero-order valence-corrected chi connectivity index (χ0v) is 5.63. The van der Waals surface area contributed by atoms with Crippen LogP contribution in [0.3, 0.4) is 0 Å². The molecule has 1 aromatic rings. The van der Waals surface area contributed by atoms with Gasteiger partial charge in [-0.1, -0.05) is 6.92 Å². The van der Waals surface area contributed by atoms with Crippen molar-refractivity contribution in [3.05, 3.63) is 24.0 Å². The van der Waals surface area contributed by atoms with Crippen molar-refractivity contribution in [1.82, 2.24) is 4.98 Å². The Labute approximate surface area is 58.9 Å². The summed E-state index contributed by atoms with van der Waals surface area (Å²) in [5.41, 5.74) is 1.16. The second kappa shape index (κ2) is 2.98. The fourth-order valence-electron chi connectivity index (χ4n) is 0.364. The summed E-state index contributed by atoms with van der Waals surface area (Å²) < 4.78 is 0. The Balaban J connectivity index is -0.000000120. The normalized spacial score (nSPS) is 7.57. The monoisotopic (exact) mass is 185 g/mol. The molecule has 0 aliphatic rings. The Bertz CT molecular complexity index is 119. The number of aryl methyl sites for hydroxylation is 1. The molecule has 0 unspecified atom stereocenters. The minimum Gasteiger partial charge on any atom is -1.00 e. The van der Waals surface area contributed by atoms with E-state index in [0.29, 0.717) is 0 Å². The third kappa shape index (κ3) is 1.89. The summed E-state index contributed by atoms with van der Waals surface area (Å²) in [5.74, 6) is 0. The molecule has 1 N–H and O–H groups in total. The van der Waals surface area contributed by atoms with Gasteiger partial charge in [-0.2, -0.15) is 17.8 Å². The molecule has 7 heavy (non-hydrogen) atoms. The predicted octanol–water partition coefficient (Wildman–Crippen LogP) is 1.35. The van der Waals surface area contributed by atoms with Gasteiger partial charge >= 0.3 is 19.5 Å². The number of hydrogen-bond donors (Lipinski definition) is 1. The quantitative estimate of drug-likeness (QED) is 0.463. The van der Waals surface area contributed by atoms with E-state index in [1.165, 1.54) is 0 Å². The first-order chi connectivity index (χ1) is 2.89. The Hall–Kier alpha value is -0.0966. The standard InChI is InChI=1S/C5H6N.Rh.2H/c1-5-2-3-6-4-5;;;/h2-3,6H,1H3;;;/q-1;+3;2*-1. The fourth-order valence-corrected chi connectivity index (χ4v) is 0.364. The summed E-state index contributed by atoms with van der Waals surface area (Å²) in [6.07, 6.45) is 4.73. The van der Waals surface area contributed by atoms with Crippen LogP contribution in [0.2, 0.25) is 0 Å². The van der Waals surface area contributed by atoms with Crippen molar-refractivity contribution >= 4 is 0 Å². The van der Waals surface area contributed by atoms with Gasteiger partial charge in [0, 0.05) is 0 Å².